The van der Waals surface area contributed by atoms with E-state index in [9.17, 15) is 9.90 Å². The first-order chi connectivity index (χ1) is 9.48. The van der Waals surface area contributed by atoms with Gasteiger partial charge < -0.3 is 15.3 Å². The van der Waals surface area contributed by atoms with Crippen molar-refractivity contribution in [2.24, 2.45) is 5.92 Å². The van der Waals surface area contributed by atoms with Gasteiger partial charge in [0.1, 0.15) is 0 Å². The van der Waals surface area contributed by atoms with Crippen LogP contribution in [0.25, 0.3) is 0 Å². The van der Waals surface area contributed by atoms with E-state index in [1.165, 1.54) is 6.42 Å². The number of likely N-dealkylation sites (tertiary alicyclic amines) is 1. The Balaban J connectivity index is 1.72. The van der Waals surface area contributed by atoms with E-state index in [-0.39, 0.29) is 11.8 Å². The minimum absolute atomic E-state index is 0.0657. The molecule has 1 heterocycles. The largest absolute Gasteiger partial charge is 0.389 e. The van der Waals surface area contributed by atoms with Gasteiger partial charge in [0.25, 0.3) is 0 Å². The van der Waals surface area contributed by atoms with Crippen molar-refractivity contribution in [3.05, 3.63) is 0 Å². The number of aliphatic hydroxyl groups is 1. The monoisotopic (exact) mass is 282 g/mol. The van der Waals surface area contributed by atoms with Crippen LogP contribution in [-0.2, 0) is 4.79 Å². The SMILES string of the molecule is CC(C)C(=O)NC1CCN(CC2(O)CCCCC2)CC1. The molecule has 0 atom stereocenters. The zero-order chi connectivity index (χ0) is 14.6. The number of amides is 1. The van der Waals surface area contributed by atoms with Crippen molar-refractivity contribution in [1.82, 2.24) is 10.2 Å². The lowest BCUT2D eigenvalue weighted by atomic mass is 9.84. The zero-order valence-electron chi connectivity index (χ0n) is 13.0. The predicted molar refractivity (Wildman–Crippen MR) is 80.5 cm³/mol. The lowest BCUT2D eigenvalue weighted by Crippen LogP contribution is -2.50. The molecule has 1 aliphatic heterocycles. The Morgan fingerprint density at radius 3 is 2.40 bits per heavy atom. The molecule has 2 rings (SSSR count). The minimum Gasteiger partial charge on any atom is -0.389 e. The summed E-state index contributed by atoms with van der Waals surface area (Å²) in [6.07, 6.45) is 7.53. The second kappa shape index (κ2) is 6.90. The van der Waals surface area contributed by atoms with E-state index in [0.717, 1.165) is 58.2 Å². The van der Waals surface area contributed by atoms with Crippen molar-refractivity contribution in [3.63, 3.8) is 0 Å². The van der Waals surface area contributed by atoms with Gasteiger partial charge in [-0.3, -0.25) is 4.79 Å². The Hall–Kier alpha value is -0.610. The van der Waals surface area contributed by atoms with Crippen molar-refractivity contribution >= 4 is 5.91 Å². The maximum absolute atomic E-state index is 11.7. The molecule has 0 spiro atoms. The number of carbonyl (C=O) groups excluding carboxylic acids is 1. The third kappa shape index (κ3) is 4.45. The maximum Gasteiger partial charge on any atom is 0.222 e. The highest BCUT2D eigenvalue weighted by atomic mass is 16.3. The van der Waals surface area contributed by atoms with Crippen LogP contribution in [0.5, 0.6) is 0 Å². The Kier molecular flexibility index (Phi) is 5.44. The number of nitrogens with zero attached hydrogens (tertiary/aromatic N) is 1. The topological polar surface area (TPSA) is 52.6 Å². The molecule has 0 aromatic heterocycles. The van der Waals surface area contributed by atoms with Crippen molar-refractivity contribution < 1.29 is 9.90 Å². The van der Waals surface area contributed by atoms with E-state index < -0.39 is 5.60 Å². The van der Waals surface area contributed by atoms with Gasteiger partial charge in [0, 0.05) is 31.6 Å². The summed E-state index contributed by atoms with van der Waals surface area (Å²) >= 11 is 0. The molecule has 0 unspecified atom stereocenters. The molecule has 4 heteroatoms. The van der Waals surface area contributed by atoms with Gasteiger partial charge >= 0.3 is 0 Å². The molecule has 0 aromatic carbocycles. The smallest absolute Gasteiger partial charge is 0.222 e. The van der Waals surface area contributed by atoms with E-state index in [1.54, 1.807) is 0 Å². The molecule has 116 valence electrons. The van der Waals surface area contributed by atoms with Gasteiger partial charge in [0.05, 0.1) is 5.60 Å². The van der Waals surface area contributed by atoms with Crippen LogP contribution >= 0.6 is 0 Å². The second-order valence-electron chi connectivity index (χ2n) is 7.00. The van der Waals surface area contributed by atoms with Crippen molar-refractivity contribution in [3.8, 4) is 0 Å². The fourth-order valence-electron chi connectivity index (χ4n) is 3.39. The summed E-state index contributed by atoms with van der Waals surface area (Å²) in [5, 5.41) is 13.7. The summed E-state index contributed by atoms with van der Waals surface area (Å²) in [6.45, 7) is 6.67. The van der Waals surface area contributed by atoms with Gasteiger partial charge in [-0.1, -0.05) is 33.1 Å². The summed E-state index contributed by atoms with van der Waals surface area (Å²) in [5.74, 6) is 0.227. The molecule has 2 fully saturated rings. The van der Waals surface area contributed by atoms with Crippen molar-refractivity contribution in [2.45, 2.75) is 70.4 Å². The lowest BCUT2D eigenvalue weighted by Gasteiger charge is -2.40. The van der Waals surface area contributed by atoms with Gasteiger partial charge in [-0.2, -0.15) is 0 Å². The first kappa shape index (κ1) is 15.8. The zero-order valence-corrected chi connectivity index (χ0v) is 13.0. The molecule has 1 aliphatic carbocycles. The van der Waals surface area contributed by atoms with Crippen LogP contribution in [0.1, 0.15) is 58.8 Å². The normalized spacial score (nSPS) is 24.8. The highest BCUT2D eigenvalue weighted by Gasteiger charge is 2.32. The van der Waals surface area contributed by atoms with Crippen LogP contribution in [-0.4, -0.2) is 47.2 Å². The summed E-state index contributed by atoms with van der Waals surface area (Å²) in [6, 6.07) is 0.321. The quantitative estimate of drug-likeness (QED) is 0.828. The fourth-order valence-corrected chi connectivity index (χ4v) is 3.39. The standard InChI is InChI=1S/C16H30N2O2/c1-13(2)15(19)17-14-6-10-18(11-7-14)12-16(20)8-4-3-5-9-16/h13-14,20H,3-12H2,1-2H3,(H,17,19). The molecule has 2 aliphatic rings. The molecular formula is C16H30N2O2. The summed E-state index contributed by atoms with van der Waals surface area (Å²) in [7, 11) is 0. The Morgan fingerprint density at radius 2 is 1.85 bits per heavy atom. The molecule has 4 nitrogen and oxygen atoms in total. The number of carbonyl (C=O) groups is 1. The van der Waals surface area contributed by atoms with E-state index >= 15 is 0 Å². The number of rotatable bonds is 4. The minimum atomic E-state index is -0.452. The first-order valence-corrected chi connectivity index (χ1v) is 8.24. The molecule has 0 bridgehead atoms. The highest BCUT2D eigenvalue weighted by molar-refractivity contribution is 5.78. The summed E-state index contributed by atoms with van der Waals surface area (Å²) in [5.41, 5.74) is -0.452. The molecule has 1 amide bonds. The Bertz CT molecular complexity index is 316. The van der Waals surface area contributed by atoms with Gasteiger partial charge in [0.15, 0.2) is 0 Å². The maximum atomic E-state index is 11.7. The second-order valence-corrected chi connectivity index (χ2v) is 7.00. The van der Waals surface area contributed by atoms with Gasteiger partial charge in [-0.05, 0) is 25.7 Å². The van der Waals surface area contributed by atoms with E-state index in [2.05, 4.69) is 10.2 Å². The first-order valence-electron chi connectivity index (χ1n) is 8.24. The van der Waals surface area contributed by atoms with E-state index in [0.29, 0.717) is 6.04 Å². The fraction of sp³-hybridized carbons (Fsp3) is 0.938. The van der Waals surface area contributed by atoms with Crippen molar-refractivity contribution in [1.29, 1.82) is 0 Å². The van der Waals surface area contributed by atoms with Crippen LogP contribution in [0.2, 0.25) is 0 Å². The van der Waals surface area contributed by atoms with Gasteiger partial charge in [-0.25, -0.2) is 0 Å². The highest BCUT2D eigenvalue weighted by Crippen LogP contribution is 2.29. The molecule has 0 radical (unpaired) electrons. The van der Waals surface area contributed by atoms with Gasteiger partial charge in [0.2, 0.25) is 5.91 Å². The van der Waals surface area contributed by atoms with Crippen LogP contribution < -0.4 is 5.32 Å². The molecule has 2 N–H and O–H groups in total. The average Bonchev–Trinajstić information content (AvgIpc) is 2.41. The van der Waals surface area contributed by atoms with Crippen LogP contribution in [0, 0.1) is 5.92 Å². The number of hydrogen-bond donors (Lipinski definition) is 2. The number of nitrogens with one attached hydrogen (secondary N) is 1. The number of β-amino-alcohol motifs (C(OH)–C–C–N with tert-alkyl or cyclic N) is 1. The molecule has 1 saturated carbocycles. The molecule has 1 saturated heterocycles. The average molecular weight is 282 g/mol. The van der Waals surface area contributed by atoms with E-state index in [1.807, 2.05) is 13.8 Å². The lowest BCUT2D eigenvalue weighted by molar-refractivity contribution is -0.125. The van der Waals surface area contributed by atoms with Crippen molar-refractivity contribution in [2.75, 3.05) is 19.6 Å². The Morgan fingerprint density at radius 1 is 1.25 bits per heavy atom. The number of piperidine rings is 1. The predicted octanol–water partition coefficient (Wildman–Crippen LogP) is 1.92. The summed E-state index contributed by atoms with van der Waals surface area (Å²) < 4.78 is 0. The molecular weight excluding hydrogens is 252 g/mol. The van der Waals surface area contributed by atoms with Crippen LogP contribution in [0.3, 0.4) is 0 Å². The molecule has 20 heavy (non-hydrogen) atoms. The third-order valence-corrected chi connectivity index (χ3v) is 4.76. The molecule has 0 aromatic rings. The third-order valence-electron chi connectivity index (χ3n) is 4.76. The van der Waals surface area contributed by atoms with Gasteiger partial charge in [-0.15, -0.1) is 0 Å². The van der Waals surface area contributed by atoms with Crippen LogP contribution in [0.4, 0.5) is 0 Å². The van der Waals surface area contributed by atoms with E-state index in [4.69, 9.17) is 0 Å². The summed E-state index contributed by atoms with van der Waals surface area (Å²) in [4.78, 5) is 14.1. The Labute approximate surface area is 122 Å². The number of hydrogen-bond acceptors (Lipinski definition) is 3. The van der Waals surface area contributed by atoms with Crippen LogP contribution in [0.15, 0.2) is 0 Å².